The third-order valence-electron chi connectivity index (χ3n) is 4.55. The molecule has 0 unspecified atom stereocenters. The number of piperidine rings is 1. The number of thiazole rings is 1. The van der Waals surface area contributed by atoms with E-state index < -0.39 is 0 Å². The summed E-state index contributed by atoms with van der Waals surface area (Å²) in [7, 11) is 1.59. The molecule has 4 heterocycles. The normalized spacial score (nSPS) is 17.6. The van der Waals surface area contributed by atoms with Crippen LogP contribution in [-0.2, 0) is 0 Å². The fraction of sp³-hybridized carbons (Fsp3) is 0.375. The van der Waals surface area contributed by atoms with Crippen molar-refractivity contribution in [2.45, 2.75) is 18.9 Å². The average molecular weight is 372 g/mol. The van der Waals surface area contributed by atoms with Crippen molar-refractivity contribution in [3.05, 3.63) is 22.8 Å². The zero-order valence-corrected chi connectivity index (χ0v) is 15.2. The molecule has 136 valence electrons. The highest BCUT2D eigenvalue weighted by atomic mass is 32.1. The molecule has 1 saturated heterocycles. The van der Waals surface area contributed by atoms with Crippen molar-refractivity contribution >= 4 is 34.3 Å². The van der Waals surface area contributed by atoms with Crippen LogP contribution in [0.4, 0.5) is 11.5 Å². The second kappa shape index (κ2) is 6.54. The number of nitrogen functional groups attached to an aromatic ring is 1. The van der Waals surface area contributed by atoms with Gasteiger partial charge < -0.3 is 21.7 Å². The van der Waals surface area contributed by atoms with E-state index in [0.717, 1.165) is 42.8 Å². The maximum atomic E-state index is 11.8. The summed E-state index contributed by atoms with van der Waals surface area (Å²) in [5.74, 6) is 0.195. The Morgan fingerprint density at radius 2 is 2.31 bits per heavy atom. The second-order valence-corrected chi connectivity index (χ2v) is 7.14. The van der Waals surface area contributed by atoms with Crippen LogP contribution in [0.25, 0.3) is 16.9 Å². The summed E-state index contributed by atoms with van der Waals surface area (Å²) in [6.07, 6.45) is 3.46. The second-order valence-electron chi connectivity index (χ2n) is 6.29. The van der Waals surface area contributed by atoms with Crippen LogP contribution in [0.5, 0.6) is 0 Å². The molecule has 1 aliphatic heterocycles. The minimum Gasteiger partial charge on any atom is -0.382 e. The third kappa shape index (κ3) is 2.76. The van der Waals surface area contributed by atoms with E-state index in [9.17, 15) is 4.79 Å². The van der Waals surface area contributed by atoms with Crippen LogP contribution < -0.4 is 21.7 Å². The van der Waals surface area contributed by atoms with Crippen molar-refractivity contribution in [2.75, 3.05) is 30.8 Å². The lowest BCUT2D eigenvalue weighted by atomic mass is 10.1. The Kier molecular flexibility index (Phi) is 4.21. The summed E-state index contributed by atoms with van der Waals surface area (Å²) in [6, 6.07) is 2.13. The van der Waals surface area contributed by atoms with E-state index >= 15 is 0 Å². The summed E-state index contributed by atoms with van der Waals surface area (Å²) >= 11 is 1.29. The maximum absolute atomic E-state index is 11.8. The van der Waals surface area contributed by atoms with Crippen molar-refractivity contribution in [1.29, 1.82) is 0 Å². The van der Waals surface area contributed by atoms with Gasteiger partial charge in [0.25, 0.3) is 5.91 Å². The van der Waals surface area contributed by atoms with Crippen LogP contribution in [0.15, 0.2) is 17.8 Å². The molecule has 3 aromatic heterocycles. The van der Waals surface area contributed by atoms with Crippen molar-refractivity contribution < 1.29 is 4.79 Å². The molecular weight excluding hydrogens is 352 g/mol. The fourth-order valence-electron chi connectivity index (χ4n) is 3.30. The van der Waals surface area contributed by atoms with Gasteiger partial charge in [-0.3, -0.25) is 4.79 Å². The molecule has 26 heavy (non-hydrogen) atoms. The molecule has 0 radical (unpaired) electrons. The minimum atomic E-state index is -0.210. The number of nitrogens with two attached hydrogens (primary N) is 2. The van der Waals surface area contributed by atoms with Gasteiger partial charge in [-0.25, -0.2) is 14.5 Å². The number of anilines is 2. The number of rotatable bonds is 3. The lowest BCUT2D eigenvalue weighted by Crippen LogP contribution is -2.42. The first kappa shape index (κ1) is 16.7. The van der Waals surface area contributed by atoms with Crippen LogP contribution in [0.2, 0.25) is 0 Å². The molecule has 9 nitrogen and oxygen atoms in total. The number of hydrogen-bond acceptors (Lipinski definition) is 8. The predicted octanol–water partition coefficient (Wildman–Crippen LogP) is 0.722. The Hall–Kier alpha value is -2.72. The number of nitrogens with zero attached hydrogens (tertiary/aromatic N) is 5. The zero-order valence-electron chi connectivity index (χ0n) is 14.3. The number of nitrogens with one attached hydrogen (secondary N) is 1. The first-order valence-electron chi connectivity index (χ1n) is 8.39. The lowest BCUT2D eigenvalue weighted by Gasteiger charge is -2.32. The summed E-state index contributed by atoms with van der Waals surface area (Å²) < 4.78 is 1.74. The Morgan fingerprint density at radius 1 is 1.46 bits per heavy atom. The number of carbonyl (C=O) groups excluding carboxylic acids is 1. The Bertz CT molecular complexity index is 964. The highest BCUT2D eigenvalue weighted by molar-refractivity contribution is 7.12. The smallest absolute Gasteiger partial charge is 0.280 e. The van der Waals surface area contributed by atoms with E-state index in [-0.39, 0.29) is 11.9 Å². The van der Waals surface area contributed by atoms with Crippen LogP contribution in [0, 0.1) is 0 Å². The molecule has 1 amide bonds. The van der Waals surface area contributed by atoms with Gasteiger partial charge in [-0.05, 0) is 18.9 Å². The van der Waals surface area contributed by atoms with Gasteiger partial charge >= 0.3 is 0 Å². The molecule has 0 aromatic carbocycles. The molecule has 0 aliphatic carbocycles. The number of hydrogen-bond donors (Lipinski definition) is 3. The van der Waals surface area contributed by atoms with Gasteiger partial charge in [-0.15, -0.1) is 11.3 Å². The summed E-state index contributed by atoms with van der Waals surface area (Å²) in [4.78, 5) is 22.6. The molecular formula is C16H20N8OS. The van der Waals surface area contributed by atoms with Gasteiger partial charge in [0.1, 0.15) is 17.5 Å². The number of fused-ring (bicyclic) bond motifs is 1. The quantitative estimate of drug-likeness (QED) is 0.618. The molecule has 0 spiro atoms. The van der Waals surface area contributed by atoms with Gasteiger partial charge in [-0.2, -0.15) is 5.10 Å². The van der Waals surface area contributed by atoms with Crippen molar-refractivity contribution in [2.24, 2.45) is 5.73 Å². The first-order valence-corrected chi connectivity index (χ1v) is 9.27. The van der Waals surface area contributed by atoms with E-state index in [1.165, 1.54) is 17.7 Å². The average Bonchev–Trinajstić information content (AvgIpc) is 3.26. The summed E-state index contributed by atoms with van der Waals surface area (Å²) in [6.45, 7) is 1.66. The minimum absolute atomic E-state index is 0.132. The summed E-state index contributed by atoms with van der Waals surface area (Å²) in [5.41, 5.74) is 15.4. The van der Waals surface area contributed by atoms with Gasteiger partial charge in [0.05, 0.1) is 11.4 Å². The van der Waals surface area contributed by atoms with E-state index in [1.54, 1.807) is 11.6 Å². The zero-order chi connectivity index (χ0) is 18.3. The topological polar surface area (TPSA) is 127 Å². The molecule has 4 rings (SSSR count). The first-order chi connectivity index (χ1) is 12.6. The van der Waals surface area contributed by atoms with Crippen LogP contribution in [0.3, 0.4) is 0 Å². The predicted molar refractivity (Wildman–Crippen MR) is 101 cm³/mol. The van der Waals surface area contributed by atoms with Crippen molar-refractivity contribution in [1.82, 2.24) is 24.9 Å². The Labute approximate surface area is 154 Å². The molecule has 1 atom stereocenters. The molecule has 1 fully saturated rings. The SMILES string of the molecule is CNC(=O)c1nc(-c2cc(N3CCC[C@@H](N)C3)c3c(N)ncnn23)cs1. The largest absolute Gasteiger partial charge is 0.382 e. The van der Waals surface area contributed by atoms with Gasteiger partial charge in [0.15, 0.2) is 10.8 Å². The van der Waals surface area contributed by atoms with Gasteiger partial charge in [0.2, 0.25) is 0 Å². The van der Waals surface area contributed by atoms with Gasteiger partial charge in [-0.1, -0.05) is 0 Å². The van der Waals surface area contributed by atoms with Gasteiger partial charge in [0, 0.05) is 31.6 Å². The Balaban J connectivity index is 1.84. The van der Waals surface area contributed by atoms with E-state index in [4.69, 9.17) is 11.5 Å². The Morgan fingerprint density at radius 3 is 3.08 bits per heavy atom. The fourth-order valence-corrected chi connectivity index (χ4v) is 4.06. The molecule has 1 aliphatic rings. The third-order valence-corrected chi connectivity index (χ3v) is 5.39. The molecule has 3 aromatic rings. The van der Waals surface area contributed by atoms with Crippen molar-refractivity contribution in [3.63, 3.8) is 0 Å². The molecule has 0 bridgehead atoms. The molecule has 5 N–H and O–H groups in total. The number of aromatic nitrogens is 4. The molecule has 0 saturated carbocycles. The van der Waals surface area contributed by atoms with E-state index in [0.29, 0.717) is 16.5 Å². The molecule has 10 heteroatoms. The monoisotopic (exact) mass is 372 g/mol. The van der Waals surface area contributed by atoms with Crippen molar-refractivity contribution in [3.8, 4) is 11.4 Å². The number of amides is 1. The van der Waals surface area contributed by atoms with Crippen LogP contribution >= 0.6 is 11.3 Å². The van der Waals surface area contributed by atoms with E-state index in [2.05, 4.69) is 25.3 Å². The standard InChI is InChI=1S/C16H20N8OS/c1-19-15(25)16-22-10(7-26-16)11-5-12(23-4-2-3-9(17)6-23)13-14(18)20-8-21-24(11)13/h5,7-9H,2-4,6,17H2,1H3,(H,19,25)(H2,18,20,21)/t9-/m1/s1. The maximum Gasteiger partial charge on any atom is 0.280 e. The lowest BCUT2D eigenvalue weighted by molar-refractivity contribution is 0.0963. The van der Waals surface area contributed by atoms with Crippen LogP contribution in [-0.4, -0.2) is 51.7 Å². The van der Waals surface area contributed by atoms with Crippen LogP contribution in [0.1, 0.15) is 22.6 Å². The highest BCUT2D eigenvalue weighted by Crippen LogP contribution is 2.35. The number of carbonyl (C=O) groups is 1. The van der Waals surface area contributed by atoms with E-state index in [1.807, 2.05) is 11.4 Å². The summed E-state index contributed by atoms with van der Waals surface area (Å²) in [5, 5.41) is 9.19. The highest BCUT2D eigenvalue weighted by Gasteiger charge is 2.24.